The summed E-state index contributed by atoms with van der Waals surface area (Å²) in [6, 6.07) is 6.38. The van der Waals surface area contributed by atoms with Crippen molar-refractivity contribution in [2.24, 2.45) is 0 Å². The zero-order valence-corrected chi connectivity index (χ0v) is 14.0. The SMILES string of the molecule is C[C@H](O)CN1CCN(Cc2nnc(-c3ccc(F)cc3)o2)C[C@H]1C. The predicted molar refractivity (Wildman–Crippen MR) is 87.7 cm³/mol. The van der Waals surface area contributed by atoms with Gasteiger partial charge in [0, 0.05) is 37.8 Å². The number of halogens is 1. The molecule has 0 saturated carbocycles. The van der Waals surface area contributed by atoms with Crippen LogP contribution < -0.4 is 0 Å². The van der Waals surface area contributed by atoms with Gasteiger partial charge in [-0.1, -0.05) is 0 Å². The van der Waals surface area contributed by atoms with Gasteiger partial charge in [-0.3, -0.25) is 9.80 Å². The van der Waals surface area contributed by atoms with Gasteiger partial charge in [-0.05, 0) is 38.1 Å². The van der Waals surface area contributed by atoms with Crippen molar-refractivity contribution in [3.8, 4) is 11.5 Å². The van der Waals surface area contributed by atoms with Crippen molar-refractivity contribution in [3.63, 3.8) is 0 Å². The van der Waals surface area contributed by atoms with Crippen LogP contribution in [0.25, 0.3) is 11.5 Å². The molecule has 1 aromatic carbocycles. The van der Waals surface area contributed by atoms with Crippen molar-refractivity contribution < 1.29 is 13.9 Å². The standard InChI is InChI=1S/C17H23FN4O2/c1-12-9-21(7-8-22(12)10-13(2)23)11-16-19-20-17(24-16)14-3-5-15(18)6-4-14/h3-6,12-13,23H,7-11H2,1-2H3/t12-,13+/m1/s1. The molecule has 1 saturated heterocycles. The maximum absolute atomic E-state index is 13.0. The molecule has 1 fully saturated rings. The molecule has 24 heavy (non-hydrogen) atoms. The molecule has 3 rings (SSSR count). The highest BCUT2D eigenvalue weighted by molar-refractivity contribution is 5.51. The van der Waals surface area contributed by atoms with E-state index in [9.17, 15) is 9.50 Å². The lowest BCUT2D eigenvalue weighted by Crippen LogP contribution is -2.53. The second-order valence-corrected chi connectivity index (χ2v) is 6.44. The van der Waals surface area contributed by atoms with Gasteiger partial charge in [0.15, 0.2) is 0 Å². The molecule has 0 amide bonds. The minimum atomic E-state index is -0.312. The molecule has 2 aromatic rings. The second-order valence-electron chi connectivity index (χ2n) is 6.44. The summed E-state index contributed by atoms with van der Waals surface area (Å²) in [7, 11) is 0. The molecule has 2 atom stereocenters. The zero-order chi connectivity index (χ0) is 17.1. The van der Waals surface area contributed by atoms with Crippen molar-refractivity contribution in [2.75, 3.05) is 26.2 Å². The third kappa shape index (κ3) is 4.17. The quantitative estimate of drug-likeness (QED) is 0.899. The van der Waals surface area contributed by atoms with E-state index in [0.29, 0.717) is 36.5 Å². The Kier molecular flexibility index (Phi) is 5.23. The van der Waals surface area contributed by atoms with Gasteiger partial charge in [0.05, 0.1) is 12.6 Å². The fraction of sp³-hybridized carbons (Fsp3) is 0.529. The molecule has 0 unspecified atom stereocenters. The van der Waals surface area contributed by atoms with Crippen molar-refractivity contribution in [2.45, 2.75) is 32.5 Å². The number of aromatic nitrogens is 2. The number of aliphatic hydroxyl groups is 1. The Morgan fingerprint density at radius 2 is 2.04 bits per heavy atom. The highest BCUT2D eigenvalue weighted by atomic mass is 19.1. The topological polar surface area (TPSA) is 65.6 Å². The summed E-state index contributed by atoms with van der Waals surface area (Å²) in [6.45, 7) is 7.96. The molecule has 1 N–H and O–H groups in total. The van der Waals surface area contributed by atoms with E-state index in [0.717, 1.165) is 19.6 Å². The molecular weight excluding hydrogens is 311 g/mol. The van der Waals surface area contributed by atoms with Crippen LogP contribution in [0, 0.1) is 5.82 Å². The number of benzene rings is 1. The summed E-state index contributed by atoms with van der Waals surface area (Å²) in [5.74, 6) is 0.679. The van der Waals surface area contributed by atoms with Gasteiger partial charge in [0.1, 0.15) is 5.82 Å². The highest BCUT2D eigenvalue weighted by Crippen LogP contribution is 2.19. The van der Waals surface area contributed by atoms with Crippen LogP contribution in [0.15, 0.2) is 28.7 Å². The summed E-state index contributed by atoms with van der Waals surface area (Å²) in [6.07, 6.45) is -0.312. The van der Waals surface area contributed by atoms with Crippen LogP contribution in [0.5, 0.6) is 0 Å². The monoisotopic (exact) mass is 334 g/mol. The highest BCUT2D eigenvalue weighted by Gasteiger charge is 2.25. The van der Waals surface area contributed by atoms with Crippen LogP contribution in [0.3, 0.4) is 0 Å². The number of rotatable bonds is 5. The molecule has 7 heteroatoms. The van der Waals surface area contributed by atoms with E-state index in [4.69, 9.17) is 4.42 Å². The molecule has 6 nitrogen and oxygen atoms in total. The number of piperazine rings is 1. The summed E-state index contributed by atoms with van der Waals surface area (Å²) < 4.78 is 18.7. The lowest BCUT2D eigenvalue weighted by atomic mass is 10.1. The number of aliphatic hydroxyl groups excluding tert-OH is 1. The minimum Gasteiger partial charge on any atom is -0.419 e. The van der Waals surface area contributed by atoms with Gasteiger partial charge in [0.25, 0.3) is 0 Å². The Labute approximate surface area is 140 Å². The molecule has 0 spiro atoms. The van der Waals surface area contributed by atoms with E-state index in [1.54, 1.807) is 12.1 Å². The van der Waals surface area contributed by atoms with Crippen molar-refractivity contribution in [1.82, 2.24) is 20.0 Å². The Morgan fingerprint density at radius 3 is 2.71 bits per heavy atom. The predicted octanol–water partition coefficient (Wildman–Crippen LogP) is 1.76. The maximum atomic E-state index is 13.0. The van der Waals surface area contributed by atoms with Crippen LogP contribution in [0.4, 0.5) is 4.39 Å². The van der Waals surface area contributed by atoms with Crippen molar-refractivity contribution in [3.05, 3.63) is 36.0 Å². The number of β-amino-alcohol motifs (C(OH)–C–C–N with tert-alkyl or cyclic N) is 1. The molecule has 1 aliphatic rings. The Bertz CT molecular complexity index is 659. The van der Waals surface area contributed by atoms with E-state index < -0.39 is 0 Å². The first kappa shape index (κ1) is 17.0. The lowest BCUT2D eigenvalue weighted by molar-refractivity contribution is 0.0393. The zero-order valence-electron chi connectivity index (χ0n) is 14.0. The van der Waals surface area contributed by atoms with Crippen molar-refractivity contribution in [1.29, 1.82) is 0 Å². The van der Waals surface area contributed by atoms with Crippen LogP contribution in [-0.2, 0) is 6.54 Å². The fourth-order valence-electron chi connectivity index (χ4n) is 3.04. The van der Waals surface area contributed by atoms with Gasteiger partial charge in [-0.2, -0.15) is 0 Å². The molecular formula is C17H23FN4O2. The molecule has 2 heterocycles. The van der Waals surface area contributed by atoms with Crippen LogP contribution in [0.1, 0.15) is 19.7 Å². The van der Waals surface area contributed by atoms with E-state index in [1.165, 1.54) is 12.1 Å². The van der Waals surface area contributed by atoms with Gasteiger partial charge in [0.2, 0.25) is 11.8 Å². The van der Waals surface area contributed by atoms with Crippen LogP contribution in [-0.4, -0.2) is 63.4 Å². The molecule has 0 aliphatic carbocycles. The van der Waals surface area contributed by atoms with E-state index in [2.05, 4.69) is 26.9 Å². The fourth-order valence-corrected chi connectivity index (χ4v) is 3.04. The van der Waals surface area contributed by atoms with Gasteiger partial charge >= 0.3 is 0 Å². The second kappa shape index (κ2) is 7.38. The Balaban J connectivity index is 1.58. The average molecular weight is 334 g/mol. The maximum Gasteiger partial charge on any atom is 0.247 e. The number of nitrogens with zero attached hydrogens (tertiary/aromatic N) is 4. The van der Waals surface area contributed by atoms with Crippen molar-refractivity contribution >= 4 is 0 Å². The Morgan fingerprint density at radius 1 is 1.29 bits per heavy atom. The molecule has 0 radical (unpaired) electrons. The first-order chi connectivity index (χ1) is 11.5. The average Bonchev–Trinajstić information content (AvgIpc) is 2.99. The van der Waals surface area contributed by atoms with Gasteiger partial charge in [-0.15, -0.1) is 10.2 Å². The largest absolute Gasteiger partial charge is 0.419 e. The lowest BCUT2D eigenvalue weighted by Gasteiger charge is -2.39. The number of hydrogen-bond acceptors (Lipinski definition) is 6. The van der Waals surface area contributed by atoms with E-state index >= 15 is 0 Å². The third-order valence-electron chi connectivity index (χ3n) is 4.26. The molecule has 1 aromatic heterocycles. The van der Waals surface area contributed by atoms with Gasteiger partial charge in [-0.25, -0.2) is 4.39 Å². The van der Waals surface area contributed by atoms with Crippen LogP contribution in [0.2, 0.25) is 0 Å². The third-order valence-corrected chi connectivity index (χ3v) is 4.26. The minimum absolute atomic E-state index is 0.289. The summed E-state index contributed by atoms with van der Waals surface area (Å²) >= 11 is 0. The smallest absolute Gasteiger partial charge is 0.247 e. The van der Waals surface area contributed by atoms with Crippen LogP contribution >= 0.6 is 0 Å². The normalized spacial score (nSPS) is 21.1. The molecule has 0 bridgehead atoms. The van der Waals surface area contributed by atoms with Gasteiger partial charge < -0.3 is 9.52 Å². The first-order valence-corrected chi connectivity index (χ1v) is 8.24. The Hall–Kier alpha value is -1.83. The molecule has 1 aliphatic heterocycles. The van der Waals surface area contributed by atoms with E-state index in [1.807, 2.05) is 6.92 Å². The van der Waals surface area contributed by atoms with E-state index in [-0.39, 0.29) is 11.9 Å². The first-order valence-electron chi connectivity index (χ1n) is 8.24. The molecule has 130 valence electrons. The summed E-state index contributed by atoms with van der Waals surface area (Å²) in [4.78, 5) is 4.56. The summed E-state index contributed by atoms with van der Waals surface area (Å²) in [5.41, 5.74) is 0.713. The summed E-state index contributed by atoms with van der Waals surface area (Å²) in [5, 5.41) is 17.7. The number of hydrogen-bond donors (Lipinski definition) is 1.